The Kier molecular flexibility index (Phi) is 33.3. The van der Waals surface area contributed by atoms with Crippen molar-refractivity contribution in [1.82, 2.24) is 4.98 Å². The predicted molar refractivity (Wildman–Crippen MR) is 327 cm³/mol. The second-order valence-electron chi connectivity index (χ2n) is 17.1. The summed E-state index contributed by atoms with van der Waals surface area (Å²) in [5, 5.41) is 3.05. The monoisotopic (exact) mass is 985 g/mol. The van der Waals surface area contributed by atoms with Crippen molar-refractivity contribution in [2.75, 3.05) is 12.4 Å². The summed E-state index contributed by atoms with van der Waals surface area (Å²) in [4.78, 5) is 8.66. The van der Waals surface area contributed by atoms with Gasteiger partial charge in [-0.25, -0.2) is 0 Å². The van der Waals surface area contributed by atoms with E-state index in [4.69, 9.17) is 0 Å². The van der Waals surface area contributed by atoms with Crippen LogP contribution in [0.4, 0.5) is 5.69 Å². The van der Waals surface area contributed by atoms with Gasteiger partial charge in [-0.2, -0.15) is 0 Å². The first-order valence-corrected chi connectivity index (χ1v) is 25.5. The molecule has 9 rings (SSSR count). The molecule has 2 nitrogen and oxygen atoms in total. The van der Waals surface area contributed by atoms with E-state index in [-0.39, 0.29) is 14.9 Å². The summed E-state index contributed by atoms with van der Waals surface area (Å²) >= 11 is 3.67. The highest BCUT2D eigenvalue weighted by Crippen LogP contribution is 2.37. The van der Waals surface area contributed by atoms with Gasteiger partial charge in [-0.15, -0.1) is 34.5 Å². The van der Waals surface area contributed by atoms with E-state index in [2.05, 4.69) is 248 Å². The van der Waals surface area contributed by atoms with Crippen LogP contribution in [-0.4, -0.2) is 12.0 Å². The molecule has 1 aliphatic carbocycles. The van der Waals surface area contributed by atoms with Crippen LogP contribution in [0.2, 0.25) is 0 Å². The van der Waals surface area contributed by atoms with Crippen molar-refractivity contribution in [3.05, 3.63) is 239 Å². The van der Waals surface area contributed by atoms with E-state index in [0.717, 1.165) is 6.42 Å². The normalized spacial score (nSPS) is 9.75. The second-order valence-corrected chi connectivity index (χ2v) is 19.9. The number of aryl methyl sites for hydroxylation is 11. The molecule has 0 saturated heterocycles. The Bertz CT molecular complexity index is 2610. The van der Waals surface area contributed by atoms with Crippen LogP contribution in [0.5, 0.6) is 0 Å². The molecule has 378 valence electrons. The highest BCUT2D eigenvalue weighted by molar-refractivity contribution is 7.12. The van der Waals surface area contributed by atoms with Crippen LogP contribution in [0.25, 0.3) is 23.3 Å². The van der Waals surface area contributed by atoms with Crippen molar-refractivity contribution in [3.63, 3.8) is 0 Å². The summed E-state index contributed by atoms with van der Waals surface area (Å²) in [6.45, 7) is 30.9. The summed E-state index contributed by atoms with van der Waals surface area (Å²) in [5.74, 6) is 5.36. The van der Waals surface area contributed by atoms with Gasteiger partial charge < -0.3 is 10.3 Å². The van der Waals surface area contributed by atoms with Gasteiger partial charge in [0, 0.05) is 43.6 Å². The first-order valence-electron chi connectivity index (χ1n) is 23.8. The Labute approximate surface area is 442 Å². The van der Waals surface area contributed by atoms with Gasteiger partial charge in [0.1, 0.15) is 0 Å². The van der Waals surface area contributed by atoms with Gasteiger partial charge >= 0.3 is 0 Å². The Morgan fingerprint density at radius 2 is 0.803 bits per heavy atom. The maximum Gasteiger partial charge on any atom is 0.0337 e. The minimum Gasteiger partial charge on any atom is -0.388 e. The summed E-state index contributed by atoms with van der Waals surface area (Å²) < 4.78 is 0. The first-order chi connectivity index (χ1) is 33.0. The second kappa shape index (κ2) is 36.5. The molecule has 3 aromatic heterocycles. The van der Waals surface area contributed by atoms with Gasteiger partial charge in [0.15, 0.2) is 0 Å². The zero-order valence-corrected chi connectivity index (χ0v) is 46.3. The molecule has 71 heavy (non-hydrogen) atoms. The lowest BCUT2D eigenvalue weighted by Crippen LogP contribution is -1.85. The lowest BCUT2D eigenvalue weighted by atomic mass is 10.0. The Morgan fingerprint density at radius 1 is 0.437 bits per heavy atom. The molecule has 0 bridgehead atoms. The van der Waals surface area contributed by atoms with Crippen LogP contribution in [0.1, 0.15) is 124 Å². The number of hydrogen-bond donors (Lipinski definition) is 2. The SMILES string of the molecule is C.C.C/C=C/c1ccc(C)cc1.CC#CC.CC=Cc1ccc(C)s1.CNc1ccc(C)cc1.Cc1ccc(C)[nH]1.Cc1ccc(C)cc1.Cc1ccc(C)s1.Cc1ccc2c(c1)Cc1cc(C)ccc1-2. The number of nitrogens with one attached hydrogen (secondary N) is 2. The molecule has 0 unspecified atom stereocenters. The van der Waals surface area contributed by atoms with Crippen LogP contribution >= 0.6 is 22.7 Å². The van der Waals surface area contributed by atoms with E-state index in [1.165, 1.54) is 97.8 Å². The molecule has 0 spiro atoms. The van der Waals surface area contributed by atoms with Gasteiger partial charge in [0.2, 0.25) is 0 Å². The Balaban J connectivity index is 0.000000804. The zero-order chi connectivity index (χ0) is 51.1. The number of aromatic nitrogens is 1. The molecule has 8 aromatic rings. The van der Waals surface area contributed by atoms with Gasteiger partial charge in [-0.05, 0) is 193 Å². The van der Waals surface area contributed by atoms with Gasteiger partial charge in [0.05, 0.1) is 0 Å². The van der Waals surface area contributed by atoms with Gasteiger partial charge in [-0.1, -0.05) is 164 Å². The number of aromatic amines is 1. The fourth-order valence-electron chi connectivity index (χ4n) is 6.60. The third kappa shape index (κ3) is 27.6. The van der Waals surface area contributed by atoms with Crippen LogP contribution in [-0.2, 0) is 6.42 Å². The Hall–Kier alpha value is -6.38. The summed E-state index contributed by atoms with van der Waals surface area (Å²) in [6.07, 6.45) is 9.43. The minimum atomic E-state index is 0. The van der Waals surface area contributed by atoms with E-state index in [0.29, 0.717) is 0 Å². The molecule has 2 N–H and O–H groups in total. The molecule has 0 saturated carbocycles. The number of anilines is 1. The van der Waals surface area contributed by atoms with Crippen LogP contribution in [0, 0.1) is 88.0 Å². The quantitative estimate of drug-likeness (QED) is 0.170. The topological polar surface area (TPSA) is 27.8 Å². The van der Waals surface area contributed by atoms with E-state index in [1.54, 1.807) is 0 Å². The maximum atomic E-state index is 3.14. The third-order valence-corrected chi connectivity index (χ3v) is 12.3. The largest absolute Gasteiger partial charge is 0.388 e. The van der Waals surface area contributed by atoms with Crippen molar-refractivity contribution in [1.29, 1.82) is 0 Å². The van der Waals surface area contributed by atoms with Crippen LogP contribution in [0.15, 0.2) is 158 Å². The predicted octanol–water partition coefficient (Wildman–Crippen LogP) is 20.6. The summed E-state index contributed by atoms with van der Waals surface area (Å²) in [7, 11) is 1.92. The lowest BCUT2D eigenvalue weighted by Gasteiger charge is -2.01. The van der Waals surface area contributed by atoms with Crippen LogP contribution < -0.4 is 5.32 Å². The highest BCUT2D eigenvalue weighted by atomic mass is 32.1. The van der Waals surface area contributed by atoms with Crippen molar-refractivity contribution < 1.29 is 0 Å². The molecule has 0 fully saturated rings. The standard InChI is InChI=1S/C15H14.C10H12.C8H11N.C8H10S.C8H10.C6H9N.C6H8S.C4H6.2CH4/c1-10-3-5-14-12(7-10)9-13-8-11(2)4-6-15(13)14;1-3-4-10-7-5-9(2)6-8-10;1-7-3-5-8(9-2)6-4-7;1-3-4-8-6-5-7(2)9-8;1-7-3-5-8(2)6-4-7;2*1-5-3-4-6(2)7-5;1-3-4-2;;/h3-8H,9H2,1-2H3;3-8H,1-2H3;3-6,9H,1-2H3;3-6H,1-2H3;3-6H,1-2H3;3-4,7H,1-2H3;3-4H,1-2H3;1-2H3;2*1H4/b;4-3+;;;;;;;;. The molecular formula is C67H88N2S2. The number of rotatable bonds is 3. The molecular weight excluding hydrogens is 897 g/mol. The van der Waals surface area contributed by atoms with E-state index in [1.807, 2.05) is 77.3 Å². The van der Waals surface area contributed by atoms with Crippen LogP contribution in [0.3, 0.4) is 0 Å². The smallest absolute Gasteiger partial charge is 0.0337 e. The maximum absolute atomic E-state index is 3.14. The number of H-pyrrole nitrogens is 1. The fourth-order valence-corrected chi connectivity index (χ4v) is 8.23. The number of hydrogen-bond acceptors (Lipinski definition) is 3. The minimum absolute atomic E-state index is 0. The number of allylic oxidation sites excluding steroid dienone is 2. The molecule has 4 heteroatoms. The van der Waals surface area contributed by atoms with E-state index >= 15 is 0 Å². The van der Waals surface area contributed by atoms with Crippen molar-refractivity contribution in [2.24, 2.45) is 0 Å². The molecule has 1 aliphatic rings. The lowest BCUT2D eigenvalue weighted by molar-refractivity contribution is 1.19. The van der Waals surface area contributed by atoms with E-state index in [9.17, 15) is 0 Å². The molecule has 5 aromatic carbocycles. The van der Waals surface area contributed by atoms with Crippen molar-refractivity contribution in [2.45, 2.75) is 125 Å². The summed E-state index contributed by atoms with van der Waals surface area (Å²) in [6, 6.07) is 51.5. The average molecular weight is 986 g/mol. The molecule has 0 radical (unpaired) electrons. The number of thiophene rings is 2. The third-order valence-electron chi connectivity index (χ3n) is 10.4. The van der Waals surface area contributed by atoms with Gasteiger partial charge in [-0.3, -0.25) is 0 Å². The zero-order valence-electron chi connectivity index (χ0n) is 44.7. The van der Waals surface area contributed by atoms with Gasteiger partial charge in [0.25, 0.3) is 0 Å². The number of fused-ring (bicyclic) bond motifs is 3. The highest BCUT2D eigenvalue weighted by Gasteiger charge is 2.17. The molecule has 0 amide bonds. The van der Waals surface area contributed by atoms with E-state index < -0.39 is 0 Å². The Morgan fingerprint density at radius 3 is 1.11 bits per heavy atom. The van der Waals surface area contributed by atoms with Crippen molar-refractivity contribution >= 4 is 40.5 Å². The molecule has 3 heterocycles. The average Bonchev–Trinajstić information content (AvgIpc) is 4.13. The van der Waals surface area contributed by atoms with Crippen molar-refractivity contribution in [3.8, 4) is 23.0 Å². The first kappa shape index (κ1) is 64.6. The fraction of sp³-hybridized carbons (Fsp3) is 0.284. The molecule has 0 atom stereocenters. The molecule has 0 aliphatic heterocycles. The summed E-state index contributed by atoms with van der Waals surface area (Å²) in [5.41, 5.74) is 18.7. The number of benzene rings is 5.